The molecule has 5 nitrogen and oxygen atoms in total. The summed E-state index contributed by atoms with van der Waals surface area (Å²) < 4.78 is 14.5. The molecular formula is C22H32FN3O2. The highest BCUT2D eigenvalue weighted by Crippen LogP contribution is 2.34. The summed E-state index contributed by atoms with van der Waals surface area (Å²) in [6, 6.07) is 7.02. The molecule has 2 aliphatic rings. The summed E-state index contributed by atoms with van der Waals surface area (Å²) in [5.74, 6) is -0.299. The van der Waals surface area contributed by atoms with Gasteiger partial charge in [0.15, 0.2) is 0 Å². The van der Waals surface area contributed by atoms with Crippen molar-refractivity contribution >= 4 is 11.8 Å². The Morgan fingerprint density at radius 1 is 1.18 bits per heavy atom. The molecule has 6 heteroatoms. The van der Waals surface area contributed by atoms with Crippen LogP contribution in [0.25, 0.3) is 0 Å². The summed E-state index contributed by atoms with van der Waals surface area (Å²) in [4.78, 5) is 28.6. The molecule has 28 heavy (non-hydrogen) atoms. The van der Waals surface area contributed by atoms with E-state index >= 15 is 0 Å². The minimum atomic E-state index is -0.702. The summed E-state index contributed by atoms with van der Waals surface area (Å²) in [5, 5.41) is 3.00. The molecule has 0 bridgehead atoms. The lowest BCUT2D eigenvalue weighted by Crippen LogP contribution is -2.54. The summed E-state index contributed by atoms with van der Waals surface area (Å²) >= 11 is 0. The molecule has 1 aromatic carbocycles. The van der Waals surface area contributed by atoms with E-state index in [-0.39, 0.29) is 17.6 Å². The molecule has 1 N–H and O–H groups in total. The van der Waals surface area contributed by atoms with Gasteiger partial charge in [0.05, 0.1) is 12.1 Å². The van der Waals surface area contributed by atoms with E-state index in [0.29, 0.717) is 44.1 Å². The molecule has 2 fully saturated rings. The molecule has 0 aromatic heterocycles. The highest BCUT2D eigenvalue weighted by Gasteiger charge is 2.39. The van der Waals surface area contributed by atoms with Crippen LogP contribution in [-0.2, 0) is 15.1 Å². The van der Waals surface area contributed by atoms with Crippen molar-refractivity contribution in [3.05, 3.63) is 35.6 Å². The topological polar surface area (TPSA) is 52.7 Å². The number of hydrogen-bond acceptors (Lipinski definition) is 3. The van der Waals surface area contributed by atoms with Crippen LogP contribution in [-0.4, -0.2) is 54.3 Å². The predicted molar refractivity (Wildman–Crippen MR) is 107 cm³/mol. The molecule has 0 radical (unpaired) electrons. The first kappa shape index (κ1) is 20.8. The fraction of sp³-hybridized carbons (Fsp3) is 0.636. The van der Waals surface area contributed by atoms with Crippen LogP contribution < -0.4 is 5.32 Å². The zero-order valence-corrected chi connectivity index (χ0v) is 17.0. The molecule has 0 unspecified atom stereocenters. The van der Waals surface area contributed by atoms with E-state index in [1.807, 2.05) is 11.9 Å². The number of nitrogens with zero attached hydrogens (tertiary/aromatic N) is 2. The number of rotatable bonds is 5. The maximum Gasteiger partial charge on any atom is 0.236 e. The third kappa shape index (κ3) is 4.72. The van der Waals surface area contributed by atoms with Crippen molar-refractivity contribution < 1.29 is 14.0 Å². The third-order valence-electron chi connectivity index (χ3n) is 6.39. The molecule has 3 rings (SSSR count). The van der Waals surface area contributed by atoms with Crippen molar-refractivity contribution in [3.8, 4) is 0 Å². The highest BCUT2D eigenvalue weighted by molar-refractivity contribution is 5.78. The molecular weight excluding hydrogens is 357 g/mol. The molecule has 1 aliphatic carbocycles. The number of piperidine rings is 1. The van der Waals surface area contributed by atoms with Crippen molar-refractivity contribution in [2.45, 2.75) is 63.5 Å². The molecule has 0 spiro atoms. The number of carbonyl (C=O) groups is 2. The minimum Gasteiger partial charge on any atom is -0.347 e. The molecule has 1 aliphatic heterocycles. The minimum absolute atomic E-state index is 0.157. The largest absolute Gasteiger partial charge is 0.347 e. The van der Waals surface area contributed by atoms with Crippen LogP contribution in [0.15, 0.2) is 24.3 Å². The van der Waals surface area contributed by atoms with Crippen molar-refractivity contribution in [2.24, 2.45) is 0 Å². The highest BCUT2D eigenvalue weighted by atomic mass is 19.1. The van der Waals surface area contributed by atoms with Crippen LogP contribution >= 0.6 is 0 Å². The van der Waals surface area contributed by atoms with Crippen molar-refractivity contribution in [1.29, 1.82) is 0 Å². The van der Waals surface area contributed by atoms with Crippen LogP contribution in [0, 0.1) is 5.82 Å². The number of carbonyl (C=O) groups excluding carboxylic acids is 2. The van der Waals surface area contributed by atoms with E-state index in [0.717, 1.165) is 12.8 Å². The molecule has 2 amide bonds. The fourth-order valence-corrected chi connectivity index (χ4v) is 4.72. The van der Waals surface area contributed by atoms with Gasteiger partial charge in [-0.1, -0.05) is 37.5 Å². The SMILES string of the molecule is CC(=O)NC1(c2ccccc2F)CCN(CC(=O)N(C)C2CCCCC2)CC1. The molecule has 1 saturated carbocycles. The molecule has 154 valence electrons. The molecule has 1 heterocycles. The first-order valence-electron chi connectivity index (χ1n) is 10.4. The van der Waals surface area contributed by atoms with Crippen molar-refractivity contribution in [2.75, 3.05) is 26.7 Å². The number of likely N-dealkylation sites (tertiary alicyclic amines) is 1. The quantitative estimate of drug-likeness (QED) is 0.842. The summed E-state index contributed by atoms with van der Waals surface area (Å²) in [6.07, 6.45) is 7.05. The predicted octanol–water partition coefficient (Wildman–Crippen LogP) is 3.04. The van der Waals surface area contributed by atoms with Gasteiger partial charge in [-0.15, -0.1) is 0 Å². The number of nitrogens with one attached hydrogen (secondary N) is 1. The lowest BCUT2D eigenvalue weighted by atomic mass is 9.80. The van der Waals surface area contributed by atoms with Crippen LogP contribution in [0.3, 0.4) is 0 Å². The average Bonchev–Trinajstić information content (AvgIpc) is 2.69. The Hall–Kier alpha value is -1.95. The Bertz CT molecular complexity index is 695. The Morgan fingerprint density at radius 3 is 2.43 bits per heavy atom. The zero-order chi connectivity index (χ0) is 20.1. The third-order valence-corrected chi connectivity index (χ3v) is 6.39. The van der Waals surface area contributed by atoms with E-state index in [1.165, 1.54) is 32.3 Å². The van der Waals surface area contributed by atoms with Gasteiger partial charge in [0.2, 0.25) is 11.8 Å². The number of benzene rings is 1. The summed E-state index contributed by atoms with van der Waals surface area (Å²) in [6.45, 7) is 3.16. The maximum absolute atomic E-state index is 14.5. The number of hydrogen-bond donors (Lipinski definition) is 1. The second-order valence-electron chi connectivity index (χ2n) is 8.32. The van der Waals surface area contributed by atoms with E-state index in [9.17, 15) is 14.0 Å². The second kappa shape index (κ2) is 9.03. The first-order chi connectivity index (χ1) is 13.4. The van der Waals surface area contributed by atoms with Gasteiger partial charge in [0.25, 0.3) is 0 Å². The van der Waals surface area contributed by atoms with Crippen LogP contribution in [0.1, 0.15) is 57.4 Å². The van der Waals surface area contributed by atoms with Gasteiger partial charge in [-0.05, 0) is 31.7 Å². The van der Waals surface area contributed by atoms with E-state index in [1.54, 1.807) is 18.2 Å². The maximum atomic E-state index is 14.5. The average molecular weight is 390 g/mol. The Morgan fingerprint density at radius 2 is 1.82 bits per heavy atom. The van der Waals surface area contributed by atoms with Gasteiger partial charge in [0.1, 0.15) is 5.82 Å². The Labute approximate surface area is 167 Å². The number of amides is 2. The lowest BCUT2D eigenvalue weighted by Gasteiger charge is -2.43. The van der Waals surface area contributed by atoms with Gasteiger partial charge in [-0.2, -0.15) is 0 Å². The van der Waals surface area contributed by atoms with Gasteiger partial charge in [-0.3, -0.25) is 14.5 Å². The summed E-state index contributed by atoms with van der Waals surface area (Å²) in [5.41, 5.74) is -0.165. The van der Waals surface area contributed by atoms with Crippen LogP contribution in [0.5, 0.6) is 0 Å². The Balaban J connectivity index is 1.63. The first-order valence-corrected chi connectivity index (χ1v) is 10.4. The van der Waals surface area contributed by atoms with Crippen molar-refractivity contribution in [3.63, 3.8) is 0 Å². The molecule has 1 aromatic rings. The lowest BCUT2D eigenvalue weighted by molar-refractivity contribution is -0.134. The van der Waals surface area contributed by atoms with E-state index < -0.39 is 5.54 Å². The molecule has 0 atom stereocenters. The Kier molecular flexibility index (Phi) is 6.70. The zero-order valence-electron chi connectivity index (χ0n) is 17.0. The van der Waals surface area contributed by atoms with Crippen LogP contribution in [0.2, 0.25) is 0 Å². The summed E-state index contributed by atoms with van der Waals surface area (Å²) in [7, 11) is 1.92. The van der Waals surface area contributed by atoms with Gasteiger partial charge in [0, 0.05) is 38.7 Å². The second-order valence-corrected chi connectivity index (χ2v) is 8.32. The van der Waals surface area contributed by atoms with Gasteiger partial charge >= 0.3 is 0 Å². The van der Waals surface area contributed by atoms with E-state index in [2.05, 4.69) is 10.2 Å². The fourth-order valence-electron chi connectivity index (χ4n) is 4.72. The number of likely N-dealkylation sites (N-methyl/N-ethyl adjacent to an activating group) is 1. The standard InChI is InChI=1S/C22H32FN3O2/c1-17(27)24-22(19-10-6-7-11-20(19)23)12-14-26(15-13-22)16-21(28)25(2)18-8-4-3-5-9-18/h6-7,10-11,18H,3-5,8-9,12-16H2,1-2H3,(H,24,27). The van der Waals surface area contributed by atoms with Crippen molar-refractivity contribution in [1.82, 2.24) is 15.1 Å². The van der Waals surface area contributed by atoms with Gasteiger partial charge in [-0.25, -0.2) is 4.39 Å². The monoisotopic (exact) mass is 389 g/mol. The number of halogens is 1. The van der Waals surface area contributed by atoms with Crippen LogP contribution in [0.4, 0.5) is 4.39 Å². The van der Waals surface area contributed by atoms with E-state index in [4.69, 9.17) is 0 Å². The molecule has 1 saturated heterocycles. The normalized spacial score (nSPS) is 20.5. The van der Waals surface area contributed by atoms with Gasteiger partial charge < -0.3 is 10.2 Å². The smallest absolute Gasteiger partial charge is 0.236 e.